The molecule has 1 aliphatic heterocycles. The van der Waals surface area contributed by atoms with Crippen LogP contribution in [0.2, 0.25) is 0 Å². The van der Waals surface area contributed by atoms with Crippen LogP contribution in [0.4, 0.5) is 0 Å². The molecule has 162 valence electrons. The van der Waals surface area contributed by atoms with Crippen molar-refractivity contribution < 1.29 is 4.74 Å². The van der Waals surface area contributed by atoms with Gasteiger partial charge in [0.05, 0.1) is 30.1 Å². The van der Waals surface area contributed by atoms with Gasteiger partial charge in [0.2, 0.25) is 5.65 Å². The first-order chi connectivity index (χ1) is 15.6. The van der Waals surface area contributed by atoms with E-state index in [1.54, 1.807) is 24.3 Å². The number of aromatic nitrogens is 4. The van der Waals surface area contributed by atoms with E-state index in [1.165, 1.54) is 37.4 Å². The van der Waals surface area contributed by atoms with Crippen molar-refractivity contribution in [2.75, 3.05) is 20.2 Å². The van der Waals surface area contributed by atoms with Gasteiger partial charge in [0, 0.05) is 11.1 Å². The third kappa shape index (κ3) is 4.24. The number of hydrogen-bond acceptors (Lipinski definition) is 6. The van der Waals surface area contributed by atoms with Crippen LogP contribution in [0.3, 0.4) is 0 Å². The van der Waals surface area contributed by atoms with Crippen LogP contribution in [-0.2, 0) is 0 Å². The van der Waals surface area contributed by atoms with Gasteiger partial charge in [-0.3, -0.25) is 0 Å². The number of rotatable bonds is 3. The highest BCUT2D eigenvalue weighted by Gasteiger charge is 2.20. The second kappa shape index (κ2) is 9.45. The van der Waals surface area contributed by atoms with Crippen LogP contribution in [0.1, 0.15) is 24.0 Å². The standard InChI is InChI=1S/C20H15N5O2.C4H9N/c1-12-3-7-15(8-4-12)17-16(14-9-5-13(11-21)6-10-14)22-19(27-2)18-23-24-20(26)25(17)18;1-2-4-5-3-1/h3-10H,1-2H3,(H,24,26);5H,1-4H2. The second-order valence-electron chi connectivity index (χ2n) is 7.52. The van der Waals surface area contributed by atoms with Crippen LogP contribution in [0.15, 0.2) is 53.3 Å². The minimum absolute atomic E-state index is 0.239. The molecule has 0 radical (unpaired) electrons. The van der Waals surface area contributed by atoms with Gasteiger partial charge in [-0.15, -0.1) is 5.10 Å². The lowest BCUT2D eigenvalue weighted by Crippen LogP contribution is -2.14. The molecule has 1 saturated heterocycles. The average Bonchev–Trinajstić information content (AvgIpc) is 3.53. The summed E-state index contributed by atoms with van der Waals surface area (Å²) in [7, 11) is 1.48. The SMILES string of the molecule is C1CCNC1.COc1nc(-c2ccc(C#N)cc2)c(-c2ccc(C)cc2)n2c(=O)[nH]nc12. The predicted octanol–water partition coefficient (Wildman–Crippen LogP) is 3.31. The molecule has 8 nitrogen and oxygen atoms in total. The molecule has 5 rings (SSSR count). The van der Waals surface area contributed by atoms with Crippen molar-refractivity contribution in [2.45, 2.75) is 19.8 Å². The van der Waals surface area contributed by atoms with Crippen molar-refractivity contribution in [1.82, 2.24) is 24.9 Å². The minimum Gasteiger partial charge on any atom is -0.478 e. The van der Waals surface area contributed by atoms with E-state index in [0.717, 1.165) is 16.7 Å². The van der Waals surface area contributed by atoms with E-state index in [9.17, 15) is 4.79 Å². The number of H-pyrrole nitrogens is 1. The number of nitrogens with one attached hydrogen (secondary N) is 2. The van der Waals surface area contributed by atoms with Gasteiger partial charge in [-0.1, -0.05) is 42.0 Å². The molecule has 2 aromatic carbocycles. The number of nitriles is 1. The molecule has 8 heteroatoms. The number of aromatic amines is 1. The monoisotopic (exact) mass is 428 g/mol. The first-order valence-electron chi connectivity index (χ1n) is 10.5. The average molecular weight is 428 g/mol. The molecule has 1 fully saturated rings. The van der Waals surface area contributed by atoms with Gasteiger partial charge in [0.1, 0.15) is 0 Å². The summed E-state index contributed by atoms with van der Waals surface area (Å²) < 4.78 is 6.81. The number of methoxy groups -OCH3 is 1. The number of nitrogens with zero attached hydrogens (tertiary/aromatic N) is 4. The fourth-order valence-corrected chi connectivity index (χ4v) is 3.60. The molecule has 2 aromatic heterocycles. The highest BCUT2D eigenvalue weighted by atomic mass is 16.5. The van der Waals surface area contributed by atoms with E-state index < -0.39 is 0 Å². The van der Waals surface area contributed by atoms with E-state index in [0.29, 0.717) is 22.6 Å². The summed E-state index contributed by atoms with van der Waals surface area (Å²) in [6.07, 6.45) is 2.78. The van der Waals surface area contributed by atoms with Crippen molar-refractivity contribution >= 4 is 5.65 Å². The summed E-state index contributed by atoms with van der Waals surface area (Å²) in [5.41, 5.74) is 4.35. The highest BCUT2D eigenvalue weighted by molar-refractivity contribution is 5.81. The molecule has 0 saturated carbocycles. The van der Waals surface area contributed by atoms with Crippen molar-refractivity contribution in [3.05, 3.63) is 70.1 Å². The number of fused-ring (bicyclic) bond motifs is 1. The molecule has 0 spiro atoms. The van der Waals surface area contributed by atoms with E-state index in [1.807, 2.05) is 31.2 Å². The fourth-order valence-electron chi connectivity index (χ4n) is 3.60. The summed E-state index contributed by atoms with van der Waals surface area (Å²) in [5.74, 6) is 0.239. The van der Waals surface area contributed by atoms with Crippen LogP contribution in [0, 0.1) is 18.3 Å². The van der Waals surface area contributed by atoms with Crippen LogP contribution in [0.5, 0.6) is 5.88 Å². The molecule has 0 amide bonds. The first kappa shape index (κ1) is 21.3. The lowest BCUT2D eigenvalue weighted by atomic mass is 10.0. The minimum atomic E-state index is -0.379. The Labute approximate surface area is 185 Å². The zero-order chi connectivity index (χ0) is 22.5. The predicted molar refractivity (Wildman–Crippen MR) is 123 cm³/mol. The molecule has 0 bridgehead atoms. The lowest BCUT2D eigenvalue weighted by Gasteiger charge is -2.13. The Hall–Kier alpha value is -3.96. The Morgan fingerprint density at radius 1 is 1.03 bits per heavy atom. The zero-order valence-electron chi connectivity index (χ0n) is 18.1. The van der Waals surface area contributed by atoms with Crippen molar-refractivity contribution in [1.29, 1.82) is 5.26 Å². The van der Waals surface area contributed by atoms with Gasteiger partial charge in [-0.2, -0.15) is 5.26 Å². The summed E-state index contributed by atoms with van der Waals surface area (Å²) in [4.78, 5) is 17.1. The first-order valence-corrected chi connectivity index (χ1v) is 10.5. The molecule has 0 unspecified atom stereocenters. The Kier molecular flexibility index (Phi) is 6.29. The maximum Gasteiger partial charge on any atom is 0.348 e. The van der Waals surface area contributed by atoms with Crippen LogP contribution in [0.25, 0.3) is 28.2 Å². The molecule has 0 aliphatic carbocycles. The summed E-state index contributed by atoms with van der Waals surface area (Å²) in [5, 5.41) is 18.8. The van der Waals surface area contributed by atoms with Gasteiger partial charge in [-0.25, -0.2) is 19.3 Å². The van der Waals surface area contributed by atoms with Crippen LogP contribution < -0.4 is 15.7 Å². The maximum atomic E-state index is 12.5. The Morgan fingerprint density at radius 2 is 1.69 bits per heavy atom. The van der Waals surface area contributed by atoms with Gasteiger partial charge in [-0.05, 0) is 45.0 Å². The molecular formula is C24H24N6O2. The Bertz CT molecular complexity index is 1300. The third-order valence-corrected chi connectivity index (χ3v) is 5.29. The Balaban J connectivity index is 0.000000433. The van der Waals surface area contributed by atoms with Gasteiger partial charge in [0.25, 0.3) is 5.88 Å². The molecule has 2 N–H and O–H groups in total. The van der Waals surface area contributed by atoms with Gasteiger partial charge < -0.3 is 10.1 Å². The molecule has 4 aromatic rings. The van der Waals surface area contributed by atoms with E-state index in [2.05, 4.69) is 26.6 Å². The van der Waals surface area contributed by atoms with E-state index in [4.69, 9.17) is 10.00 Å². The normalized spacial score (nSPS) is 12.8. The van der Waals surface area contributed by atoms with Gasteiger partial charge >= 0.3 is 5.69 Å². The number of hydrogen-bond donors (Lipinski definition) is 2. The van der Waals surface area contributed by atoms with Crippen LogP contribution >= 0.6 is 0 Å². The largest absolute Gasteiger partial charge is 0.478 e. The Morgan fingerprint density at radius 3 is 2.25 bits per heavy atom. The van der Waals surface area contributed by atoms with Gasteiger partial charge in [0.15, 0.2) is 0 Å². The van der Waals surface area contributed by atoms with Crippen molar-refractivity contribution in [3.63, 3.8) is 0 Å². The number of aryl methyl sites for hydroxylation is 1. The smallest absolute Gasteiger partial charge is 0.348 e. The highest BCUT2D eigenvalue weighted by Crippen LogP contribution is 2.33. The quantitative estimate of drug-likeness (QED) is 0.518. The molecule has 1 aliphatic rings. The van der Waals surface area contributed by atoms with Crippen molar-refractivity contribution in [2.24, 2.45) is 0 Å². The fraction of sp³-hybridized carbons (Fsp3) is 0.250. The zero-order valence-corrected chi connectivity index (χ0v) is 18.1. The van der Waals surface area contributed by atoms with Crippen LogP contribution in [-0.4, -0.2) is 39.8 Å². The molecular weight excluding hydrogens is 404 g/mol. The van der Waals surface area contributed by atoms with Crippen molar-refractivity contribution in [3.8, 4) is 34.5 Å². The maximum absolute atomic E-state index is 12.5. The second-order valence-corrected chi connectivity index (χ2v) is 7.52. The third-order valence-electron chi connectivity index (χ3n) is 5.29. The summed E-state index contributed by atoms with van der Waals surface area (Å²) in [6.45, 7) is 4.50. The van der Waals surface area contributed by atoms with E-state index >= 15 is 0 Å². The topological polar surface area (TPSA) is 108 Å². The molecule has 32 heavy (non-hydrogen) atoms. The summed E-state index contributed by atoms with van der Waals surface area (Å²) >= 11 is 0. The molecule has 3 heterocycles. The molecule has 0 atom stereocenters. The number of ether oxygens (including phenoxy) is 1. The van der Waals surface area contributed by atoms with E-state index in [-0.39, 0.29) is 11.6 Å². The number of benzene rings is 2. The summed E-state index contributed by atoms with van der Waals surface area (Å²) in [6, 6.07) is 16.9. The lowest BCUT2D eigenvalue weighted by molar-refractivity contribution is 0.400.